The first-order valence-electron chi connectivity index (χ1n) is 8.09. The molecule has 21 heavy (non-hydrogen) atoms. The van der Waals surface area contributed by atoms with E-state index in [0.717, 1.165) is 19.5 Å². The average Bonchev–Trinajstić information content (AvgIpc) is 2.48. The van der Waals surface area contributed by atoms with Gasteiger partial charge in [0.15, 0.2) is 0 Å². The molecule has 0 saturated heterocycles. The molecule has 0 aliphatic carbocycles. The summed E-state index contributed by atoms with van der Waals surface area (Å²) in [6.07, 6.45) is 4.91. The fourth-order valence-electron chi connectivity index (χ4n) is 2.05. The van der Waals surface area contributed by atoms with E-state index in [1.54, 1.807) is 0 Å². The number of hydrogen-bond donors (Lipinski definition) is 2. The van der Waals surface area contributed by atoms with E-state index >= 15 is 0 Å². The van der Waals surface area contributed by atoms with E-state index in [1.165, 1.54) is 19.3 Å². The maximum atomic E-state index is 5.39. The fraction of sp³-hybridized carbons (Fsp3) is 0.800. The summed E-state index contributed by atoms with van der Waals surface area (Å²) in [5.41, 5.74) is 0. The van der Waals surface area contributed by atoms with Gasteiger partial charge in [0.05, 0.1) is 6.61 Å². The van der Waals surface area contributed by atoms with Crippen molar-refractivity contribution in [3.8, 4) is 6.01 Å². The van der Waals surface area contributed by atoms with Crippen molar-refractivity contribution in [2.75, 3.05) is 30.3 Å². The smallest absolute Gasteiger partial charge is 0.323 e. The van der Waals surface area contributed by atoms with Crippen LogP contribution in [-0.2, 0) is 0 Å². The third kappa shape index (κ3) is 6.60. The molecule has 1 atom stereocenters. The lowest BCUT2D eigenvalue weighted by molar-refractivity contribution is 0.312. The van der Waals surface area contributed by atoms with Crippen LogP contribution in [0.2, 0.25) is 0 Å². The zero-order valence-corrected chi connectivity index (χ0v) is 13.8. The lowest BCUT2D eigenvalue weighted by atomic mass is 9.99. The molecule has 0 aliphatic heterocycles. The zero-order chi connectivity index (χ0) is 15.5. The number of anilines is 2. The summed E-state index contributed by atoms with van der Waals surface area (Å²) in [5, 5.41) is 6.42. The molecule has 0 fully saturated rings. The molecule has 6 heteroatoms. The van der Waals surface area contributed by atoms with Crippen LogP contribution in [0.1, 0.15) is 53.4 Å². The topological polar surface area (TPSA) is 72.0 Å². The molecule has 0 spiro atoms. The minimum Gasteiger partial charge on any atom is -0.464 e. The lowest BCUT2D eigenvalue weighted by Gasteiger charge is -2.15. The highest BCUT2D eigenvalue weighted by molar-refractivity contribution is 5.35. The van der Waals surface area contributed by atoms with E-state index in [0.29, 0.717) is 30.4 Å². The number of nitrogens with one attached hydrogen (secondary N) is 2. The first-order valence-corrected chi connectivity index (χ1v) is 8.09. The number of hydrogen-bond acceptors (Lipinski definition) is 6. The molecule has 0 bridgehead atoms. The van der Waals surface area contributed by atoms with Crippen molar-refractivity contribution in [3.05, 3.63) is 0 Å². The number of ether oxygens (including phenoxy) is 1. The minimum atomic E-state index is 0.368. The molecule has 0 amide bonds. The molecule has 0 aliphatic rings. The van der Waals surface area contributed by atoms with Crippen molar-refractivity contribution in [3.63, 3.8) is 0 Å². The first kappa shape index (κ1) is 17.5. The van der Waals surface area contributed by atoms with Crippen molar-refractivity contribution < 1.29 is 4.74 Å². The monoisotopic (exact) mass is 295 g/mol. The van der Waals surface area contributed by atoms with Gasteiger partial charge < -0.3 is 15.4 Å². The Morgan fingerprint density at radius 3 is 2.29 bits per heavy atom. The van der Waals surface area contributed by atoms with Crippen LogP contribution in [0.5, 0.6) is 6.01 Å². The largest absolute Gasteiger partial charge is 0.464 e. The van der Waals surface area contributed by atoms with Crippen LogP contribution in [0.15, 0.2) is 0 Å². The Kier molecular flexibility index (Phi) is 8.47. The predicted octanol–water partition coefficient (Wildman–Crippen LogP) is 3.33. The second-order valence-corrected chi connectivity index (χ2v) is 5.03. The Balaban J connectivity index is 2.66. The molecule has 0 aromatic carbocycles. The molecule has 6 nitrogen and oxygen atoms in total. The molecule has 1 unspecified atom stereocenters. The van der Waals surface area contributed by atoms with Crippen LogP contribution in [0, 0.1) is 5.92 Å². The Hall–Kier alpha value is -1.59. The minimum absolute atomic E-state index is 0.368. The molecule has 0 radical (unpaired) electrons. The van der Waals surface area contributed by atoms with E-state index in [9.17, 15) is 0 Å². The van der Waals surface area contributed by atoms with Gasteiger partial charge in [-0.25, -0.2) is 0 Å². The maximum Gasteiger partial charge on any atom is 0.323 e. The summed E-state index contributed by atoms with van der Waals surface area (Å²) < 4.78 is 5.39. The van der Waals surface area contributed by atoms with Gasteiger partial charge in [-0.05, 0) is 26.2 Å². The van der Waals surface area contributed by atoms with Crippen molar-refractivity contribution in [2.45, 2.75) is 53.4 Å². The van der Waals surface area contributed by atoms with Crippen LogP contribution in [0.3, 0.4) is 0 Å². The highest BCUT2D eigenvalue weighted by Crippen LogP contribution is 2.15. The molecule has 1 aromatic rings. The molecule has 1 heterocycles. The lowest BCUT2D eigenvalue weighted by Crippen LogP contribution is -2.17. The van der Waals surface area contributed by atoms with Gasteiger partial charge in [-0.2, -0.15) is 15.0 Å². The van der Waals surface area contributed by atoms with Crippen molar-refractivity contribution in [1.82, 2.24) is 15.0 Å². The van der Waals surface area contributed by atoms with Gasteiger partial charge >= 0.3 is 6.01 Å². The summed E-state index contributed by atoms with van der Waals surface area (Å²) in [6, 6.07) is 0.368. The molecular formula is C15H29N5O. The second kappa shape index (κ2) is 10.2. The van der Waals surface area contributed by atoms with Gasteiger partial charge in [0, 0.05) is 13.1 Å². The second-order valence-electron chi connectivity index (χ2n) is 5.03. The fourth-order valence-corrected chi connectivity index (χ4v) is 2.05. The number of nitrogens with zero attached hydrogens (tertiary/aromatic N) is 3. The molecule has 2 N–H and O–H groups in total. The van der Waals surface area contributed by atoms with E-state index in [2.05, 4.69) is 39.4 Å². The summed E-state index contributed by atoms with van der Waals surface area (Å²) >= 11 is 0. The Labute approximate surface area is 128 Å². The number of rotatable bonds is 11. The van der Waals surface area contributed by atoms with Gasteiger partial charge in [-0.1, -0.05) is 33.1 Å². The summed E-state index contributed by atoms with van der Waals surface area (Å²) in [4.78, 5) is 12.9. The molecule has 1 aromatic heterocycles. The van der Waals surface area contributed by atoms with Crippen LogP contribution in [0.4, 0.5) is 11.9 Å². The summed E-state index contributed by atoms with van der Waals surface area (Å²) in [7, 11) is 0. The zero-order valence-electron chi connectivity index (χ0n) is 13.8. The normalized spacial score (nSPS) is 12.0. The van der Waals surface area contributed by atoms with Gasteiger partial charge in [0.25, 0.3) is 0 Å². The first-order chi connectivity index (χ1) is 10.2. The Morgan fingerprint density at radius 2 is 1.71 bits per heavy atom. The molecular weight excluding hydrogens is 266 g/mol. The third-order valence-electron chi connectivity index (χ3n) is 3.32. The van der Waals surface area contributed by atoms with Crippen molar-refractivity contribution >= 4 is 11.9 Å². The van der Waals surface area contributed by atoms with Crippen molar-refractivity contribution in [1.29, 1.82) is 0 Å². The maximum absolute atomic E-state index is 5.39. The van der Waals surface area contributed by atoms with Gasteiger partial charge in [0.2, 0.25) is 11.9 Å². The highest BCUT2D eigenvalue weighted by atomic mass is 16.5. The van der Waals surface area contributed by atoms with Gasteiger partial charge in [-0.3, -0.25) is 0 Å². The Bertz CT molecular complexity index is 375. The van der Waals surface area contributed by atoms with Crippen LogP contribution in [-0.4, -0.2) is 34.6 Å². The van der Waals surface area contributed by atoms with Crippen LogP contribution >= 0.6 is 0 Å². The van der Waals surface area contributed by atoms with Gasteiger partial charge in [0.1, 0.15) is 0 Å². The van der Waals surface area contributed by atoms with Crippen LogP contribution in [0.25, 0.3) is 0 Å². The van der Waals surface area contributed by atoms with E-state index in [-0.39, 0.29) is 0 Å². The molecule has 1 rings (SSSR count). The van der Waals surface area contributed by atoms with E-state index < -0.39 is 0 Å². The summed E-state index contributed by atoms with van der Waals surface area (Å²) in [6.45, 7) is 10.6. The highest BCUT2D eigenvalue weighted by Gasteiger charge is 2.10. The van der Waals surface area contributed by atoms with Crippen LogP contribution < -0.4 is 15.4 Å². The molecule has 0 saturated carbocycles. The van der Waals surface area contributed by atoms with Crippen molar-refractivity contribution in [2.24, 2.45) is 5.92 Å². The predicted molar refractivity (Wildman–Crippen MR) is 87.0 cm³/mol. The van der Waals surface area contributed by atoms with Gasteiger partial charge in [-0.15, -0.1) is 0 Å². The molecule has 120 valence electrons. The van der Waals surface area contributed by atoms with E-state index in [4.69, 9.17) is 4.74 Å². The van der Waals surface area contributed by atoms with E-state index in [1.807, 2.05) is 13.8 Å². The number of unbranched alkanes of at least 4 members (excludes halogenated alkanes) is 1. The number of aromatic nitrogens is 3. The third-order valence-corrected chi connectivity index (χ3v) is 3.32. The summed E-state index contributed by atoms with van der Waals surface area (Å²) in [5.74, 6) is 1.79. The average molecular weight is 295 g/mol. The quantitative estimate of drug-likeness (QED) is 0.652. The standard InChI is InChI=1S/C15H29N5O/c1-5-9-10-12(6-2)11-17-14-18-13(16-7-3)19-15(20-14)21-8-4/h12H,5-11H2,1-4H3,(H2,16,17,18,19,20). The SMILES string of the molecule is CCCCC(CC)CNc1nc(NCC)nc(OCC)n1. The Morgan fingerprint density at radius 1 is 1.00 bits per heavy atom.